The molecule has 0 unspecified atom stereocenters. The molecule has 0 aliphatic carbocycles. The van der Waals surface area contributed by atoms with E-state index in [2.05, 4.69) is 21.2 Å². The Morgan fingerprint density at radius 1 is 1.47 bits per heavy atom. The Morgan fingerprint density at radius 2 is 2.11 bits per heavy atom. The largest absolute Gasteiger partial charge is 0.398 e. The van der Waals surface area contributed by atoms with Crippen molar-refractivity contribution in [3.8, 4) is 0 Å². The number of rotatable bonds is 5. The Hall–Kier alpha value is -1.12. The number of hydrogen-bond donors (Lipinski definition) is 2. The molecule has 0 saturated carbocycles. The van der Waals surface area contributed by atoms with Gasteiger partial charge in [0.25, 0.3) is 0 Å². The van der Waals surface area contributed by atoms with E-state index in [1.165, 1.54) is 25.2 Å². The quantitative estimate of drug-likeness (QED) is 0.768. The predicted octanol–water partition coefficient (Wildman–Crippen LogP) is 0.788. The maximum absolute atomic E-state index is 12.2. The van der Waals surface area contributed by atoms with Gasteiger partial charge in [0.1, 0.15) is 0 Å². The monoisotopic (exact) mass is 349 g/mol. The lowest BCUT2D eigenvalue weighted by Gasteiger charge is -2.17. The molecule has 1 rings (SSSR count). The molecule has 0 fully saturated rings. The van der Waals surface area contributed by atoms with E-state index in [1.54, 1.807) is 6.92 Å². The average molecular weight is 350 g/mol. The summed E-state index contributed by atoms with van der Waals surface area (Å²) in [6.45, 7) is 2.00. The van der Waals surface area contributed by atoms with Gasteiger partial charge < -0.3 is 11.1 Å². The van der Waals surface area contributed by atoms with Crippen molar-refractivity contribution in [3.05, 3.63) is 22.7 Å². The van der Waals surface area contributed by atoms with E-state index in [4.69, 9.17) is 5.73 Å². The maximum Gasteiger partial charge on any atom is 0.243 e. The molecule has 6 nitrogen and oxygen atoms in total. The Labute approximate surface area is 121 Å². The molecule has 1 amide bonds. The first-order valence-corrected chi connectivity index (χ1v) is 7.80. The molecular weight excluding hydrogens is 334 g/mol. The molecule has 8 heteroatoms. The van der Waals surface area contributed by atoms with Crippen molar-refractivity contribution >= 4 is 37.5 Å². The second-order valence-electron chi connectivity index (χ2n) is 3.90. The molecule has 106 valence electrons. The number of amides is 1. The molecule has 0 heterocycles. The lowest BCUT2D eigenvalue weighted by molar-refractivity contribution is -0.121. The van der Waals surface area contributed by atoms with Crippen LogP contribution in [0, 0.1) is 0 Å². The number of nitrogens with one attached hydrogen (secondary N) is 1. The third-order valence-electron chi connectivity index (χ3n) is 2.42. The Balaban J connectivity index is 2.96. The van der Waals surface area contributed by atoms with Crippen LogP contribution in [0.2, 0.25) is 0 Å². The van der Waals surface area contributed by atoms with Crippen molar-refractivity contribution in [3.63, 3.8) is 0 Å². The minimum Gasteiger partial charge on any atom is -0.398 e. The van der Waals surface area contributed by atoms with Gasteiger partial charge in [-0.15, -0.1) is 0 Å². The summed E-state index contributed by atoms with van der Waals surface area (Å²) in [6.07, 6.45) is 0. The number of carbonyl (C=O) groups excluding carboxylic acids is 1. The van der Waals surface area contributed by atoms with Crippen LogP contribution in [0.3, 0.4) is 0 Å². The van der Waals surface area contributed by atoms with Crippen molar-refractivity contribution in [2.75, 3.05) is 25.9 Å². The van der Waals surface area contributed by atoms with Gasteiger partial charge in [-0.05, 0) is 41.1 Å². The highest BCUT2D eigenvalue weighted by Gasteiger charge is 2.23. The number of hydrogen-bond acceptors (Lipinski definition) is 4. The van der Waals surface area contributed by atoms with Crippen molar-refractivity contribution in [1.29, 1.82) is 0 Å². The van der Waals surface area contributed by atoms with Gasteiger partial charge in [-0.25, -0.2) is 8.42 Å². The second kappa shape index (κ2) is 6.36. The zero-order chi connectivity index (χ0) is 14.6. The number of halogens is 1. The highest BCUT2D eigenvalue weighted by molar-refractivity contribution is 9.10. The first kappa shape index (κ1) is 15.9. The topological polar surface area (TPSA) is 92.5 Å². The summed E-state index contributed by atoms with van der Waals surface area (Å²) in [5, 5.41) is 2.55. The standard InChI is InChI=1S/C11H16BrN3O3S/c1-3-14-11(16)7-15(2)19(17,18)8-4-5-10(13)9(12)6-8/h4-6H,3,7,13H2,1-2H3,(H,14,16). The molecule has 1 aromatic carbocycles. The van der Waals surface area contributed by atoms with Gasteiger partial charge in [0.15, 0.2) is 0 Å². The second-order valence-corrected chi connectivity index (χ2v) is 6.80. The average Bonchev–Trinajstić information content (AvgIpc) is 2.32. The van der Waals surface area contributed by atoms with E-state index in [0.717, 1.165) is 4.31 Å². The molecule has 0 bridgehead atoms. The van der Waals surface area contributed by atoms with E-state index in [0.29, 0.717) is 16.7 Å². The molecule has 1 aromatic rings. The Bertz CT molecular complexity index is 575. The van der Waals surface area contributed by atoms with Crippen LogP contribution in [0.5, 0.6) is 0 Å². The number of nitrogens with zero attached hydrogens (tertiary/aromatic N) is 1. The van der Waals surface area contributed by atoms with Gasteiger partial charge in [0.2, 0.25) is 15.9 Å². The van der Waals surface area contributed by atoms with E-state index in [-0.39, 0.29) is 17.3 Å². The van der Waals surface area contributed by atoms with Crippen molar-refractivity contribution in [1.82, 2.24) is 9.62 Å². The summed E-state index contributed by atoms with van der Waals surface area (Å²) >= 11 is 3.18. The van der Waals surface area contributed by atoms with E-state index >= 15 is 0 Å². The number of carbonyl (C=O) groups is 1. The van der Waals surface area contributed by atoms with Crippen molar-refractivity contribution < 1.29 is 13.2 Å². The van der Waals surface area contributed by atoms with E-state index in [1.807, 2.05) is 0 Å². The zero-order valence-corrected chi connectivity index (χ0v) is 13.1. The van der Waals surface area contributed by atoms with Crippen LogP contribution in [0.1, 0.15) is 6.92 Å². The van der Waals surface area contributed by atoms with Crippen LogP contribution < -0.4 is 11.1 Å². The van der Waals surface area contributed by atoms with Gasteiger partial charge in [-0.3, -0.25) is 4.79 Å². The van der Waals surface area contributed by atoms with E-state index in [9.17, 15) is 13.2 Å². The molecule has 0 saturated heterocycles. The van der Waals surface area contributed by atoms with Crippen LogP contribution in [-0.2, 0) is 14.8 Å². The third-order valence-corrected chi connectivity index (χ3v) is 4.91. The minimum atomic E-state index is -3.70. The van der Waals surface area contributed by atoms with Gasteiger partial charge in [0, 0.05) is 23.8 Å². The first-order chi connectivity index (χ1) is 8.78. The number of likely N-dealkylation sites (N-methyl/N-ethyl adjacent to an activating group) is 2. The maximum atomic E-state index is 12.2. The number of nitrogen functional groups attached to an aromatic ring is 1. The highest BCUT2D eigenvalue weighted by atomic mass is 79.9. The fourth-order valence-electron chi connectivity index (χ4n) is 1.39. The summed E-state index contributed by atoms with van der Waals surface area (Å²) in [6, 6.07) is 4.32. The third kappa shape index (κ3) is 3.92. The van der Waals surface area contributed by atoms with Crippen molar-refractivity contribution in [2.24, 2.45) is 0 Å². The van der Waals surface area contributed by atoms with Crippen molar-refractivity contribution in [2.45, 2.75) is 11.8 Å². The molecule has 19 heavy (non-hydrogen) atoms. The zero-order valence-electron chi connectivity index (χ0n) is 10.7. The number of benzene rings is 1. The molecule has 0 aliphatic heterocycles. The Morgan fingerprint density at radius 3 is 2.63 bits per heavy atom. The summed E-state index contributed by atoms with van der Waals surface area (Å²) in [5.74, 6) is -0.344. The summed E-state index contributed by atoms with van der Waals surface area (Å²) < 4.78 is 25.9. The van der Waals surface area contributed by atoms with Crippen LogP contribution in [0.4, 0.5) is 5.69 Å². The van der Waals surface area contributed by atoms with Crippen LogP contribution in [-0.4, -0.2) is 38.8 Å². The molecule has 0 aromatic heterocycles. The van der Waals surface area contributed by atoms with Gasteiger partial charge in [-0.2, -0.15) is 4.31 Å². The van der Waals surface area contributed by atoms with Crippen LogP contribution >= 0.6 is 15.9 Å². The SMILES string of the molecule is CCNC(=O)CN(C)S(=O)(=O)c1ccc(N)c(Br)c1. The summed E-state index contributed by atoms with van der Waals surface area (Å²) in [4.78, 5) is 11.5. The molecule has 3 N–H and O–H groups in total. The lowest BCUT2D eigenvalue weighted by atomic mass is 10.3. The minimum absolute atomic E-state index is 0.0837. The predicted molar refractivity (Wildman–Crippen MR) is 77.1 cm³/mol. The van der Waals surface area contributed by atoms with Crippen LogP contribution in [0.15, 0.2) is 27.6 Å². The normalized spacial score (nSPS) is 11.6. The van der Waals surface area contributed by atoms with Gasteiger partial charge in [0.05, 0.1) is 11.4 Å². The summed E-state index contributed by atoms with van der Waals surface area (Å²) in [5.41, 5.74) is 6.06. The smallest absolute Gasteiger partial charge is 0.243 e. The fourth-order valence-corrected chi connectivity index (χ4v) is 3.07. The number of nitrogens with two attached hydrogens (primary N) is 1. The number of sulfonamides is 1. The fraction of sp³-hybridized carbons (Fsp3) is 0.364. The molecule has 0 atom stereocenters. The van der Waals surface area contributed by atoms with Crippen LogP contribution in [0.25, 0.3) is 0 Å². The first-order valence-electron chi connectivity index (χ1n) is 5.57. The molecule has 0 spiro atoms. The van der Waals surface area contributed by atoms with Gasteiger partial charge in [-0.1, -0.05) is 0 Å². The number of anilines is 1. The van der Waals surface area contributed by atoms with E-state index < -0.39 is 10.0 Å². The molecular formula is C11H16BrN3O3S. The molecule has 0 aliphatic rings. The Kier molecular flexibility index (Phi) is 5.33. The van der Waals surface area contributed by atoms with Gasteiger partial charge >= 0.3 is 0 Å². The summed E-state index contributed by atoms with van der Waals surface area (Å²) in [7, 11) is -2.35. The lowest BCUT2D eigenvalue weighted by Crippen LogP contribution is -2.38. The highest BCUT2D eigenvalue weighted by Crippen LogP contribution is 2.24. The molecule has 0 radical (unpaired) electrons.